The Labute approximate surface area is 216 Å². The summed E-state index contributed by atoms with van der Waals surface area (Å²) in [6, 6.07) is 16.0. The topological polar surface area (TPSA) is 117 Å². The molecule has 0 aliphatic carbocycles. The molecule has 11 heteroatoms. The molecule has 2 aromatic carbocycles. The minimum atomic E-state index is -4.40. The van der Waals surface area contributed by atoms with Crippen LogP contribution < -0.4 is 16.4 Å². The molecule has 0 aliphatic rings. The van der Waals surface area contributed by atoms with Crippen LogP contribution in [0.2, 0.25) is 0 Å². The summed E-state index contributed by atoms with van der Waals surface area (Å²) >= 11 is 0. The first-order valence-corrected chi connectivity index (χ1v) is 11.2. The number of nitrogens with two attached hydrogens (primary N) is 1. The van der Waals surface area contributed by atoms with Crippen LogP contribution in [-0.4, -0.2) is 22.6 Å². The summed E-state index contributed by atoms with van der Waals surface area (Å²) in [6.45, 7) is 2.01. The summed E-state index contributed by atoms with van der Waals surface area (Å²) in [6.07, 6.45) is -0.226. The van der Waals surface area contributed by atoms with Crippen LogP contribution in [0.25, 0.3) is 11.1 Å². The lowest BCUT2D eigenvalue weighted by Gasteiger charge is -2.12. The molecule has 0 spiro atoms. The van der Waals surface area contributed by atoms with Crippen LogP contribution in [0.15, 0.2) is 73.1 Å². The zero-order valence-corrected chi connectivity index (χ0v) is 20.2. The number of halogens is 4. The standard InChI is InChI=1S/C20H18F3N5.C7H6FNO/c1-12-6-17(20(21,22)23)11-28-19(12)27-9-13-2-4-14(5-3-13)16-7-15(8-24)18(25)26-10-16;8-6-1-3-7(4-2-6)9-5-10/h2-8,10-11,24H,9H2,1H3,(H2,25,26)(H,27,28);1-5H,(H,9,10). The molecule has 38 heavy (non-hydrogen) atoms. The van der Waals surface area contributed by atoms with Gasteiger partial charge in [0.15, 0.2) is 0 Å². The quantitative estimate of drug-likeness (QED) is 0.133. The van der Waals surface area contributed by atoms with Gasteiger partial charge >= 0.3 is 6.18 Å². The van der Waals surface area contributed by atoms with E-state index < -0.39 is 11.7 Å². The zero-order chi connectivity index (χ0) is 27.7. The summed E-state index contributed by atoms with van der Waals surface area (Å²) < 4.78 is 50.4. The lowest BCUT2D eigenvalue weighted by molar-refractivity contribution is -0.137. The van der Waals surface area contributed by atoms with Crippen molar-refractivity contribution in [1.29, 1.82) is 5.41 Å². The summed E-state index contributed by atoms with van der Waals surface area (Å²) in [5.41, 5.74) is 9.22. The van der Waals surface area contributed by atoms with Crippen LogP contribution in [0.5, 0.6) is 0 Å². The maximum absolute atomic E-state index is 12.7. The molecule has 1 amide bonds. The molecule has 0 unspecified atom stereocenters. The first-order valence-electron chi connectivity index (χ1n) is 11.2. The maximum Gasteiger partial charge on any atom is 0.417 e. The van der Waals surface area contributed by atoms with E-state index >= 15 is 0 Å². The van der Waals surface area contributed by atoms with E-state index in [1.807, 2.05) is 24.3 Å². The Kier molecular flexibility index (Phi) is 9.09. The SMILES string of the molecule is Cc1cc(C(F)(F)F)cnc1NCc1ccc(-c2cnc(N)c(C=N)c2)cc1.O=CNc1ccc(F)cc1. The molecule has 4 rings (SSSR count). The van der Waals surface area contributed by atoms with Gasteiger partial charge in [0.2, 0.25) is 6.41 Å². The summed E-state index contributed by atoms with van der Waals surface area (Å²) in [5.74, 6) is 0.408. The second-order valence-electron chi connectivity index (χ2n) is 8.05. The number of anilines is 3. The highest BCUT2D eigenvalue weighted by Crippen LogP contribution is 2.30. The molecule has 4 aromatic rings. The molecule has 5 N–H and O–H groups in total. The molecule has 2 heterocycles. The van der Waals surface area contributed by atoms with Gasteiger partial charge in [-0.1, -0.05) is 24.3 Å². The molecule has 0 bridgehead atoms. The van der Waals surface area contributed by atoms with Crippen molar-refractivity contribution >= 4 is 29.9 Å². The number of amides is 1. The molecular weight excluding hydrogens is 500 g/mol. The third-order valence-electron chi connectivity index (χ3n) is 5.33. The van der Waals surface area contributed by atoms with Gasteiger partial charge in [0, 0.05) is 42.0 Å². The molecule has 2 aromatic heterocycles. The van der Waals surface area contributed by atoms with E-state index in [-0.39, 0.29) is 5.82 Å². The third-order valence-corrected chi connectivity index (χ3v) is 5.33. The number of alkyl halides is 3. The van der Waals surface area contributed by atoms with Crippen molar-refractivity contribution in [2.75, 3.05) is 16.4 Å². The molecule has 0 atom stereocenters. The van der Waals surface area contributed by atoms with Crippen molar-refractivity contribution in [2.24, 2.45) is 0 Å². The van der Waals surface area contributed by atoms with Crippen molar-refractivity contribution in [3.8, 4) is 11.1 Å². The molecule has 0 saturated heterocycles. The number of aryl methyl sites for hydroxylation is 1. The van der Waals surface area contributed by atoms with Gasteiger partial charge in [-0.15, -0.1) is 0 Å². The van der Waals surface area contributed by atoms with Gasteiger partial charge in [-0.2, -0.15) is 13.2 Å². The Bertz CT molecular complexity index is 1390. The second kappa shape index (κ2) is 12.4. The average molecular weight is 525 g/mol. The van der Waals surface area contributed by atoms with Gasteiger partial charge in [0.05, 0.1) is 5.56 Å². The normalized spacial score (nSPS) is 10.7. The Morgan fingerprint density at radius 2 is 1.66 bits per heavy atom. The van der Waals surface area contributed by atoms with Crippen LogP contribution in [0.4, 0.5) is 34.9 Å². The highest BCUT2D eigenvalue weighted by atomic mass is 19.4. The van der Waals surface area contributed by atoms with Gasteiger partial charge in [0.25, 0.3) is 0 Å². The molecule has 7 nitrogen and oxygen atoms in total. The second-order valence-corrected chi connectivity index (χ2v) is 8.05. The fourth-order valence-electron chi connectivity index (χ4n) is 3.30. The molecule has 0 aliphatic heterocycles. The Hall–Kier alpha value is -4.80. The smallest absolute Gasteiger partial charge is 0.383 e. The van der Waals surface area contributed by atoms with Gasteiger partial charge in [-0.05, 0) is 60.0 Å². The fourth-order valence-corrected chi connectivity index (χ4v) is 3.30. The maximum atomic E-state index is 12.7. The number of nitrogens with zero attached hydrogens (tertiary/aromatic N) is 2. The van der Waals surface area contributed by atoms with E-state index in [9.17, 15) is 22.4 Å². The lowest BCUT2D eigenvalue weighted by atomic mass is 10.0. The summed E-state index contributed by atoms with van der Waals surface area (Å²) in [7, 11) is 0. The molecule has 196 valence electrons. The van der Waals surface area contributed by atoms with Crippen molar-refractivity contribution in [1.82, 2.24) is 9.97 Å². The van der Waals surface area contributed by atoms with Crippen molar-refractivity contribution < 1.29 is 22.4 Å². The van der Waals surface area contributed by atoms with Crippen molar-refractivity contribution in [3.05, 3.63) is 101 Å². The molecule has 0 saturated carbocycles. The van der Waals surface area contributed by atoms with E-state index in [0.717, 1.165) is 35.2 Å². The first kappa shape index (κ1) is 27.8. The van der Waals surface area contributed by atoms with Crippen molar-refractivity contribution in [3.63, 3.8) is 0 Å². The molecular formula is C27H24F4N6O. The third kappa shape index (κ3) is 7.60. The van der Waals surface area contributed by atoms with Crippen LogP contribution in [-0.2, 0) is 17.5 Å². The number of benzene rings is 2. The Balaban J connectivity index is 0.000000336. The van der Waals surface area contributed by atoms with E-state index in [2.05, 4.69) is 20.6 Å². The number of pyridine rings is 2. The largest absolute Gasteiger partial charge is 0.417 e. The Morgan fingerprint density at radius 1 is 0.974 bits per heavy atom. The Morgan fingerprint density at radius 3 is 2.24 bits per heavy atom. The fraction of sp³-hybridized carbons (Fsp3) is 0.111. The summed E-state index contributed by atoms with van der Waals surface area (Å²) in [4.78, 5) is 17.8. The highest BCUT2D eigenvalue weighted by Gasteiger charge is 2.31. The molecule has 0 radical (unpaired) electrons. The highest BCUT2D eigenvalue weighted by molar-refractivity contribution is 5.85. The van der Waals surface area contributed by atoms with Gasteiger partial charge < -0.3 is 21.8 Å². The number of carbonyl (C=O) groups is 1. The predicted octanol–water partition coefficient (Wildman–Crippen LogP) is 6.06. The first-order chi connectivity index (χ1) is 18.1. The van der Waals surface area contributed by atoms with Gasteiger partial charge in [-0.3, -0.25) is 4.79 Å². The number of carbonyl (C=O) groups excluding carboxylic acids is 1. The van der Waals surface area contributed by atoms with Crippen molar-refractivity contribution in [2.45, 2.75) is 19.6 Å². The van der Waals surface area contributed by atoms with E-state index in [0.29, 0.717) is 41.4 Å². The average Bonchev–Trinajstić information content (AvgIpc) is 2.90. The minimum Gasteiger partial charge on any atom is -0.383 e. The predicted molar refractivity (Wildman–Crippen MR) is 139 cm³/mol. The number of rotatable bonds is 7. The van der Waals surface area contributed by atoms with E-state index in [1.54, 1.807) is 19.2 Å². The van der Waals surface area contributed by atoms with Gasteiger partial charge in [-0.25, -0.2) is 14.4 Å². The van der Waals surface area contributed by atoms with Crippen LogP contribution >= 0.6 is 0 Å². The number of nitrogens with one attached hydrogen (secondary N) is 3. The number of hydrogen-bond donors (Lipinski definition) is 4. The van der Waals surface area contributed by atoms with Crippen LogP contribution in [0.1, 0.15) is 22.3 Å². The monoisotopic (exact) mass is 524 g/mol. The molecule has 0 fully saturated rings. The van der Waals surface area contributed by atoms with E-state index in [4.69, 9.17) is 11.1 Å². The van der Waals surface area contributed by atoms with Crippen LogP contribution in [0, 0.1) is 18.2 Å². The number of aromatic nitrogens is 2. The van der Waals surface area contributed by atoms with Gasteiger partial charge in [0.1, 0.15) is 17.5 Å². The number of nitrogen functional groups attached to an aromatic ring is 1. The summed E-state index contributed by atoms with van der Waals surface area (Å²) in [5, 5.41) is 12.8. The lowest BCUT2D eigenvalue weighted by Crippen LogP contribution is -2.09. The number of hydrogen-bond acceptors (Lipinski definition) is 6. The van der Waals surface area contributed by atoms with Crippen LogP contribution in [0.3, 0.4) is 0 Å². The zero-order valence-electron chi connectivity index (χ0n) is 20.2. The van der Waals surface area contributed by atoms with E-state index in [1.165, 1.54) is 24.3 Å². The minimum absolute atomic E-state index is 0.305.